The number of ether oxygens (including phenoxy) is 1. The van der Waals surface area contributed by atoms with Crippen LogP contribution in [0.2, 0.25) is 5.02 Å². The third kappa shape index (κ3) is 6.23. The number of halogens is 1. The third-order valence-electron chi connectivity index (χ3n) is 6.01. The van der Waals surface area contributed by atoms with E-state index in [0.29, 0.717) is 10.8 Å². The van der Waals surface area contributed by atoms with Crippen LogP contribution in [0.3, 0.4) is 0 Å². The maximum absolute atomic E-state index is 13.1. The van der Waals surface area contributed by atoms with Gasteiger partial charge in [-0.2, -0.15) is 0 Å². The highest BCUT2D eigenvalue weighted by atomic mass is 35.5. The lowest BCUT2D eigenvalue weighted by atomic mass is 10.1. The van der Waals surface area contributed by atoms with Gasteiger partial charge in [0.15, 0.2) is 6.61 Å². The van der Waals surface area contributed by atoms with E-state index < -0.39 is 6.04 Å². The van der Waals surface area contributed by atoms with Crippen molar-refractivity contribution in [1.82, 2.24) is 10.2 Å². The summed E-state index contributed by atoms with van der Waals surface area (Å²) in [5.74, 6) is 0.239. The van der Waals surface area contributed by atoms with Gasteiger partial charge >= 0.3 is 0 Å². The van der Waals surface area contributed by atoms with Gasteiger partial charge in [-0.15, -0.1) is 0 Å². The number of hydrogen-bond donors (Lipinski definition) is 1. The second-order valence-corrected chi connectivity index (χ2v) is 8.72. The van der Waals surface area contributed by atoms with Gasteiger partial charge in [0, 0.05) is 17.6 Å². The molecule has 1 aliphatic rings. The van der Waals surface area contributed by atoms with Crippen LogP contribution in [0.1, 0.15) is 49.3 Å². The number of carbonyl (C=O) groups is 2. The average Bonchev–Trinajstić information content (AvgIpc) is 3.26. The monoisotopic (exact) mass is 442 g/mol. The van der Waals surface area contributed by atoms with Crippen LogP contribution in [0.5, 0.6) is 5.75 Å². The maximum Gasteiger partial charge on any atom is 0.261 e. The summed E-state index contributed by atoms with van der Waals surface area (Å²) in [6.45, 7) is 5.89. The molecule has 2 amide bonds. The molecule has 166 valence electrons. The van der Waals surface area contributed by atoms with Crippen molar-refractivity contribution in [2.24, 2.45) is 0 Å². The van der Waals surface area contributed by atoms with E-state index in [1.165, 1.54) is 0 Å². The largest absolute Gasteiger partial charge is 0.484 e. The van der Waals surface area contributed by atoms with Crippen LogP contribution >= 0.6 is 11.6 Å². The number of benzene rings is 2. The number of rotatable bonds is 8. The molecule has 0 heterocycles. The highest BCUT2D eigenvalue weighted by Crippen LogP contribution is 2.21. The molecule has 5 nitrogen and oxygen atoms in total. The van der Waals surface area contributed by atoms with Gasteiger partial charge in [-0.05, 0) is 68.5 Å². The molecule has 1 N–H and O–H groups in total. The van der Waals surface area contributed by atoms with E-state index >= 15 is 0 Å². The summed E-state index contributed by atoms with van der Waals surface area (Å²) >= 11 is 6.33. The lowest BCUT2D eigenvalue weighted by Gasteiger charge is -2.30. The zero-order valence-electron chi connectivity index (χ0n) is 18.5. The Balaban J connectivity index is 1.73. The number of nitrogens with zero attached hydrogens (tertiary/aromatic N) is 1. The second kappa shape index (κ2) is 10.7. The molecule has 2 aromatic carbocycles. The summed E-state index contributed by atoms with van der Waals surface area (Å²) in [4.78, 5) is 27.6. The molecule has 0 spiro atoms. The molecule has 0 saturated heterocycles. The zero-order valence-corrected chi connectivity index (χ0v) is 19.2. The quantitative estimate of drug-likeness (QED) is 0.638. The third-order valence-corrected chi connectivity index (χ3v) is 6.38. The molecule has 3 rings (SSSR count). The van der Waals surface area contributed by atoms with Crippen LogP contribution in [0, 0.1) is 13.8 Å². The topological polar surface area (TPSA) is 58.6 Å². The number of hydrogen-bond acceptors (Lipinski definition) is 3. The zero-order chi connectivity index (χ0) is 22.4. The summed E-state index contributed by atoms with van der Waals surface area (Å²) in [6, 6.07) is 12.7. The number of nitrogens with one attached hydrogen (secondary N) is 1. The minimum Gasteiger partial charge on any atom is -0.484 e. The van der Waals surface area contributed by atoms with Crippen molar-refractivity contribution in [2.75, 3.05) is 6.61 Å². The Labute approximate surface area is 189 Å². The summed E-state index contributed by atoms with van der Waals surface area (Å²) in [5, 5.41) is 3.66. The van der Waals surface area contributed by atoms with Gasteiger partial charge in [0.05, 0.1) is 0 Å². The molecular weight excluding hydrogens is 412 g/mol. The van der Waals surface area contributed by atoms with Gasteiger partial charge in [0.1, 0.15) is 11.8 Å². The predicted octanol–water partition coefficient (Wildman–Crippen LogP) is 4.81. The Kier molecular flexibility index (Phi) is 7.97. The fourth-order valence-corrected chi connectivity index (χ4v) is 4.01. The van der Waals surface area contributed by atoms with Crippen LogP contribution < -0.4 is 10.1 Å². The first-order valence-corrected chi connectivity index (χ1v) is 11.3. The van der Waals surface area contributed by atoms with E-state index in [2.05, 4.69) is 5.32 Å². The molecule has 0 radical (unpaired) electrons. The Morgan fingerprint density at radius 3 is 2.52 bits per heavy atom. The summed E-state index contributed by atoms with van der Waals surface area (Å²) in [6.07, 6.45) is 4.25. The smallest absolute Gasteiger partial charge is 0.261 e. The van der Waals surface area contributed by atoms with Gasteiger partial charge in [0.2, 0.25) is 5.91 Å². The molecule has 1 unspecified atom stereocenters. The lowest BCUT2D eigenvalue weighted by molar-refractivity contribution is -0.142. The Hall–Kier alpha value is -2.53. The molecular formula is C25H31ClN2O3. The fraction of sp³-hybridized carbons (Fsp3) is 0.440. The number of carbonyl (C=O) groups excluding carboxylic acids is 2. The molecule has 2 aromatic rings. The maximum atomic E-state index is 13.1. The first-order chi connectivity index (χ1) is 14.8. The second-order valence-electron chi connectivity index (χ2n) is 8.31. The van der Waals surface area contributed by atoms with Crippen molar-refractivity contribution < 1.29 is 14.3 Å². The molecule has 1 fully saturated rings. The van der Waals surface area contributed by atoms with Crippen molar-refractivity contribution in [3.8, 4) is 5.75 Å². The normalized spacial score (nSPS) is 14.8. The van der Waals surface area contributed by atoms with Crippen molar-refractivity contribution in [2.45, 2.75) is 65.1 Å². The van der Waals surface area contributed by atoms with Crippen molar-refractivity contribution in [1.29, 1.82) is 0 Å². The van der Waals surface area contributed by atoms with Gasteiger partial charge in [-0.3, -0.25) is 9.59 Å². The van der Waals surface area contributed by atoms with Crippen molar-refractivity contribution in [3.05, 3.63) is 64.2 Å². The lowest BCUT2D eigenvalue weighted by Crippen LogP contribution is -2.50. The molecule has 0 aliphatic heterocycles. The van der Waals surface area contributed by atoms with E-state index in [0.717, 1.165) is 42.4 Å². The molecule has 6 heteroatoms. The molecule has 1 aliphatic carbocycles. The van der Waals surface area contributed by atoms with E-state index in [9.17, 15) is 9.59 Å². The van der Waals surface area contributed by atoms with Crippen LogP contribution in [0.25, 0.3) is 0 Å². The Morgan fingerprint density at radius 1 is 1.13 bits per heavy atom. The van der Waals surface area contributed by atoms with Crippen LogP contribution in [0.15, 0.2) is 42.5 Å². The highest BCUT2D eigenvalue weighted by Gasteiger charge is 2.29. The summed E-state index contributed by atoms with van der Waals surface area (Å²) in [7, 11) is 0. The van der Waals surface area contributed by atoms with Gasteiger partial charge in [-0.25, -0.2) is 0 Å². The summed E-state index contributed by atoms with van der Waals surface area (Å²) in [5.41, 5.74) is 3.06. The highest BCUT2D eigenvalue weighted by molar-refractivity contribution is 6.31. The van der Waals surface area contributed by atoms with Gasteiger partial charge in [-0.1, -0.05) is 48.7 Å². The Bertz CT molecular complexity index is 925. The Morgan fingerprint density at radius 2 is 1.84 bits per heavy atom. The minimum atomic E-state index is -0.632. The van der Waals surface area contributed by atoms with E-state index in [-0.39, 0.29) is 31.0 Å². The molecule has 31 heavy (non-hydrogen) atoms. The van der Waals surface area contributed by atoms with Crippen molar-refractivity contribution >= 4 is 23.4 Å². The van der Waals surface area contributed by atoms with Crippen LogP contribution in [-0.4, -0.2) is 35.4 Å². The summed E-state index contributed by atoms with van der Waals surface area (Å²) < 4.78 is 5.76. The van der Waals surface area contributed by atoms with Crippen LogP contribution in [-0.2, 0) is 16.1 Å². The first kappa shape index (κ1) is 23.1. The van der Waals surface area contributed by atoms with E-state index in [4.69, 9.17) is 16.3 Å². The first-order valence-electron chi connectivity index (χ1n) is 10.9. The predicted molar refractivity (Wildman–Crippen MR) is 123 cm³/mol. The number of aryl methyl sites for hydroxylation is 2. The SMILES string of the molecule is Cc1ccc(OCC(=O)N(Cc2ccccc2Cl)C(C)C(=O)NC2CCCC2)cc1C. The fourth-order valence-electron chi connectivity index (χ4n) is 3.82. The van der Waals surface area contributed by atoms with E-state index in [1.54, 1.807) is 17.9 Å². The molecule has 0 aromatic heterocycles. The standard InChI is InChI=1S/C25H31ClN2O3/c1-17-12-13-22(14-18(17)2)31-16-24(29)28(15-20-8-4-7-11-23(20)26)19(3)25(30)27-21-9-5-6-10-21/h4,7-8,11-14,19,21H,5-6,9-10,15-16H2,1-3H3,(H,27,30). The molecule has 1 atom stereocenters. The van der Waals surface area contributed by atoms with E-state index in [1.807, 2.05) is 50.2 Å². The van der Waals surface area contributed by atoms with Gasteiger partial charge < -0.3 is 15.0 Å². The minimum absolute atomic E-state index is 0.140. The number of amides is 2. The average molecular weight is 443 g/mol. The van der Waals surface area contributed by atoms with Crippen LogP contribution in [0.4, 0.5) is 0 Å². The van der Waals surface area contributed by atoms with Gasteiger partial charge in [0.25, 0.3) is 5.91 Å². The molecule has 0 bridgehead atoms. The van der Waals surface area contributed by atoms with Crippen molar-refractivity contribution in [3.63, 3.8) is 0 Å². The molecule has 1 saturated carbocycles.